The van der Waals surface area contributed by atoms with Gasteiger partial charge in [-0.25, -0.2) is 0 Å². The Labute approximate surface area is 164 Å². The lowest BCUT2D eigenvalue weighted by Gasteiger charge is -2.46. The van der Waals surface area contributed by atoms with Crippen LogP contribution in [-0.2, 0) is 34.7 Å². The minimum absolute atomic E-state index is 0.221. The Morgan fingerprint density at radius 3 is 2.32 bits per heavy atom. The van der Waals surface area contributed by atoms with Gasteiger partial charge >= 0.3 is 0 Å². The van der Waals surface area contributed by atoms with Gasteiger partial charge in [-0.1, -0.05) is 43.3 Å². The fraction of sp³-hybridized carbons (Fsp3) is 0.455. The van der Waals surface area contributed by atoms with E-state index in [2.05, 4.69) is 31.2 Å². The van der Waals surface area contributed by atoms with Crippen molar-refractivity contribution in [1.29, 1.82) is 0 Å². The highest BCUT2D eigenvalue weighted by atomic mass is 16.7. The van der Waals surface area contributed by atoms with Gasteiger partial charge in [-0.15, -0.1) is 0 Å². The smallest absolute Gasteiger partial charge is 0.225 e. The second-order valence-corrected chi connectivity index (χ2v) is 7.56. The van der Waals surface area contributed by atoms with Gasteiger partial charge in [0.25, 0.3) is 0 Å². The largest absolute Gasteiger partial charge is 0.394 e. The summed E-state index contributed by atoms with van der Waals surface area (Å²) < 4.78 is 11.6. The van der Waals surface area contributed by atoms with Crippen molar-refractivity contribution in [2.45, 2.75) is 56.6 Å². The Morgan fingerprint density at radius 1 is 0.964 bits per heavy atom. The molecule has 6 nitrogen and oxygen atoms in total. The van der Waals surface area contributed by atoms with Crippen molar-refractivity contribution >= 4 is 0 Å². The topological polar surface area (TPSA) is 99.4 Å². The van der Waals surface area contributed by atoms with Gasteiger partial charge in [0, 0.05) is 5.56 Å². The third kappa shape index (κ3) is 3.16. The minimum atomic E-state index is -1.59. The Bertz CT molecular complexity index is 833. The zero-order chi connectivity index (χ0) is 19.9. The molecule has 2 aliphatic heterocycles. The summed E-state index contributed by atoms with van der Waals surface area (Å²) in [6, 6.07) is 14.3. The van der Waals surface area contributed by atoms with Crippen LogP contribution in [0.25, 0.3) is 0 Å². The molecule has 1 spiro atoms. The first-order valence-corrected chi connectivity index (χ1v) is 9.65. The molecule has 2 aromatic rings. The predicted molar refractivity (Wildman–Crippen MR) is 102 cm³/mol. The maximum absolute atomic E-state index is 10.7. The van der Waals surface area contributed by atoms with E-state index in [0.717, 1.165) is 17.5 Å². The molecule has 28 heavy (non-hydrogen) atoms. The van der Waals surface area contributed by atoms with Crippen LogP contribution in [0.4, 0.5) is 0 Å². The minimum Gasteiger partial charge on any atom is -0.394 e. The van der Waals surface area contributed by atoms with E-state index in [9.17, 15) is 20.4 Å². The van der Waals surface area contributed by atoms with Crippen LogP contribution in [0.1, 0.15) is 34.7 Å². The fourth-order valence-electron chi connectivity index (χ4n) is 4.06. The zero-order valence-electron chi connectivity index (χ0n) is 15.8. The monoisotopic (exact) mass is 386 g/mol. The van der Waals surface area contributed by atoms with Crippen LogP contribution >= 0.6 is 0 Å². The lowest BCUT2D eigenvalue weighted by Crippen LogP contribution is -2.63. The average molecular weight is 386 g/mol. The summed E-state index contributed by atoms with van der Waals surface area (Å²) in [6.07, 6.45) is -3.69. The van der Waals surface area contributed by atoms with Crippen LogP contribution < -0.4 is 0 Å². The molecule has 4 rings (SSSR count). The van der Waals surface area contributed by atoms with Crippen LogP contribution in [0.5, 0.6) is 0 Å². The molecule has 0 amide bonds. The van der Waals surface area contributed by atoms with E-state index >= 15 is 0 Å². The fourth-order valence-corrected chi connectivity index (χ4v) is 4.06. The van der Waals surface area contributed by atoms with E-state index in [1.54, 1.807) is 0 Å². The van der Waals surface area contributed by atoms with Crippen molar-refractivity contribution in [3.05, 3.63) is 70.3 Å². The SMILES string of the molecule is CCc1ccc(Cc2ccc3c(c2)[C@]2(OC3)O[C@H](CO)[C@H](O)[C@H](O)[C@@H]2O)cc1. The third-order valence-electron chi connectivity index (χ3n) is 5.78. The molecule has 4 N–H and O–H groups in total. The molecule has 0 saturated carbocycles. The van der Waals surface area contributed by atoms with Gasteiger partial charge in [-0.3, -0.25) is 0 Å². The number of ether oxygens (including phenoxy) is 2. The Balaban J connectivity index is 1.66. The Morgan fingerprint density at radius 2 is 1.64 bits per heavy atom. The van der Waals surface area contributed by atoms with Gasteiger partial charge in [-0.2, -0.15) is 0 Å². The van der Waals surface area contributed by atoms with E-state index in [0.29, 0.717) is 12.0 Å². The molecule has 1 saturated heterocycles. The van der Waals surface area contributed by atoms with Gasteiger partial charge in [0.05, 0.1) is 13.2 Å². The molecular formula is C22H26O6. The Kier molecular flexibility index (Phi) is 5.26. The summed E-state index contributed by atoms with van der Waals surface area (Å²) in [5, 5.41) is 40.5. The average Bonchev–Trinajstić information content (AvgIpc) is 3.08. The number of aliphatic hydroxyl groups excluding tert-OH is 4. The van der Waals surface area contributed by atoms with Gasteiger partial charge in [0.1, 0.15) is 24.4 Å². The summed E-state index contributed by atoms with van der Waals surface area (Å²) in [5.74, 6) is -1.59. The highest BCUT2D eigenvalue weighted by Crippen LogP contribution is 2.46. The predicted octanol–water partition coefficient (Wildman–Crippen LogP) is 0.997. The summed E-state index contributed by atoms with van der Waals surface area (Å²) in [6.45, 7) is 1.85. The lowest BCUT2D eigenvalue weighted by molar-refractivity contribution is -0.368. The molecule has 5 atom stereocenters. The zero-order valence-corrected chi connectivity index (χ0v) is 15.8. The maximum atomic E-state index is 10.7. The number of benzene rings is 2. The summed E-state index contributed by atoms with van der Waals surface area (Å²) in [4.78, 5) is 0. The first-order valence-electron chi connectivity index (χ1n) is 9.65. The molecule has 0 radical (unpaired) electrons. The molecule has 2 heterocycles. The van der Waals surface area contributed by atoms with Crippen LogP contribution in [-0.4, -0.2) is 51.4 Å². The second kappa shape index (κ2) is 7.55. The Hall–Kier alpha value is -1.80. The van der Waals surface area contributed by atoms with E-state index in [-0.39, 0.29) is 6.61 Å². The highest BCUT2D eigenvalue weighted by molar-refractivity contribution is 5.41. The van der Waals surface area contributed by atoms with Crippen LogP contribution in [0.15, 0.2) is 42.5 Å². The molecule has 2 aliphatic rings. The van der Waals surface area contributed by atoms with Crippen molar-refractivity contribution in [2.24, 2.45) is 0 Å². The number of hydrogen-bond acceptors (Lipinski definition) is 6. The molecule has 0 aromatic heterocycles. The highest BCUT2D eigenvalue weighted by Gasteiger charge is 2.58. The van der Waals surface area contributed by atoms with Crippen LogP contribution in [0.2, 0.25) is 0 Å². The second-order valence-electron chi connectivity index (χ2n) is 7.56. The van der Waals surface area contributed by atoms with Crippen LogP contribution in [0.3, 0.4) is 0 Å². The summed E-state index contributed by atoms with van der Waals surface area (Å²) in [7, 11) is 0. The van der Waals surface area contributed by atoms with Crippen molar-refractivity contribution in [2.75, 3.05) is 6.61 Å². The van der Waals surface area contributed by atoms with Crippen molar-refractivity contribution in [3.8, 4) is 0 Å². The summed E-state index contributed by atoms with van der Waals surface area (Å²) in [5.41, 5.74) is 4.95. The third-order valence-corrected chi connectivity index (χ3v) is 5.78. The number of fused-ring (bicyclic) bond motifs is 2. The maximum Gasteiger partial charge on any atom is 0.225 e. The van der Waals surface area contributed by atoms with Gasteiger partial charge in [-0.05, 0) is 41.2 Å². The molecule has 2 aromatic carbocycles. The number of rotatable bonds is 4. The first kappa shape index (κ1) is 19.5. The van der Waals surface area contributed by atoms with Gasteiger partial charge < -0.3 is 29.9 Å². The normalized spacial score (nSPS) is 31.9. The van der Waals surface area contributed by atoms with Crippen molar-refractivity contribution < 1.29 is 29.9 Å². The quantitative estimate of drug-likeness (QED) is 0.626. The molecule has 0 aliphatic carbocycles. The van der Waals surface area contributed by atoms with Gasteiger partial charge in [0.2, 0.25) is 5.79 Å². The lowest BCUT2D eigenvalue weighted by atomic mass is 9.86. The molecular weight excluding hydrogens is 360 g/mol. The van der Waals surface area contributed by atoms with Crippen molar-refractivity contribution in [3.63, 3.8) is 0 Å². The first-order chi connectivity index (χ1) is 13.5. The number of aryl methyl sites for hydroxylation is 1. The molecule has 1 fully saturated rings. The van der Waals surface area contributed by atoms with E-state index in [1.165, 1.54) is 11.1 Å². The number of hydrogen-bond donors (Lipinski definition) is 4. The molecule has 150 valence electrons. The van der Waals surface area contributed by atoms with Gasteiger partial charge in [0.15, 0.2) is 0 Å². The van der Waals surface area contributed by atoms with E-state index in [4.69, 9.17) is 9.47 Å². The molecule has 0 unspecified atom stereocenters. The molecule has 0 bridgehead atoms. The standard InChI is InChI=1S/C22H26O6/c1-2-13-3-5-14(6-4-13)9-15-7-8-16-12-27-22(17(16)10-15)21(26)20(25)19(24)18(11-23)28-22/h3-8,10,18-21,23-26H,2,9,11-12H2,1H3/t18-,19+,20+,21+,22+/m1/s1. The number of aliphatic hydroxyl groups is 4. The molecule has 6 heteroatoms. The summed E-state index contributed by atoms with van der Waals surface area (Å²) >= 11 is 0. The van der Waals surface area contributed by atoms with Crippen LogP contribution in [0, 0.1) is 0 Å². The van der Waals surface area contributed by atoms with Crippen molar-refractivity contribution in [1.82, 2.24) is 0 Å². The van der Waals surface area contributed by atoms with E-state index in [1.807, 2.05) is 18.2 Å². The van der Waals surface area contributed by atoms with E-state index < -0.39 is 36.8 Å².